The van der Waals surface area contributed by atoms with Crippen LogP contribution in [0, 0.1) is 5.92 Å². The lowest BCUT2D eigenvalue weighted by molar-refractivity contribution is -0.136. The highest BCUT2D eigenvalue weighted by Gasteiger charge is 2.19. The van der Waals surface area contributed by atoms with Crippen molar-refractivity contribution >= 4 is 5.97 Å². The lowest BCUT2D eigenvalue weighted by Crippen LogP contribution is -2.33. The van der Waals surface area contributed by atoms with Gasteiger partial charge < -0.3 is 10.4 Å². The van der Waals surface area contributed by atoms with Crippen LogP contribution in [0.25, 0.3) is 0 Å². The molecule has 2 N–H and O–H groups in total. The number of rotatable bonds is 6. The number of hydrogen-bond acceptors (Lipinski definition) is 2. The van der Waals surface area contributed by atoms with Gasteiger partial charge in [-0.1, -0.05) is 50.5 Å². The van der Waals surface area contributed by atoms with E-state index in [1.54, 1.807) is 0 Å². The molecule has 0 aliphatic heterocycles. The molecule has 3 heteroatoms. The molecule has 1 fully saturated rings. The maximum atomic E-state index is 10.6. The summed E-state index contributed by atoms with van der Waals surface area (Å²) in [5.74, 6) is 0.114. The highest BCUT2D eigenvalue weighted by atomic mass is 16.4. The average Bonchev–Trinajstić information content (AvgIpc) is 2.46. The summed E-state index contributed by atoms with van der Waals surface area (Å²) in [6, 6.07) is 8.55. The molecule has 1 saturated carbocycles. The van der Waals surface area contributed by atoms with E-state index in [0.717, 1.165) is 18.0 Å². The molecule has 1 aromatic carbocycles. The predicted octanol–water partition coefficient (Wildman–Crippen LogP) is 3.37. The van der Waals surface area contributed by atoms with Crippen LogP contribution in [0.2, 0.25) is 0 Å². The largest absolute Gasteiger partial charge is 0.481 e. The van der Waals surface area contributed by atoms with Crippen molar-refractivity contribution in [3.8, 4) is 0 Å². The SMILES string of the molecule is CCC1CCCC(NCc2ccc(CC(=O)O)cc2)C1. The van der Waals surface area contributed by atoms with Gasteiger partial charge in [0.2, 0.25) is 0 Å². The fourth-order valence-corrected chi connectivity index (χ4v) is 3.06. The van der Waals surface area contributed by atoms with E-state index < -0.39 is 5.97 Å². The summed E-state index contributed by atoms with van der Waals surface area (Å²) in [7, 11) is 0. The second-order valence-electron chi connectivity index (χ2n) is 5.91. The standard InChI is InChI=1S/C17H25NO2/c1-2-13-4-3-5-16(10-13)18-12-15-8-6-14(7-9-15)11-17(19)20/h6-9,13,16,18H,2-5,10-12H2,1H3,(H,19,20). The van der Waals surface area contributed by atoms with Crippen molar-refractivity contribution in [3.63, 3.8) is 0 Å². The van der Waals surface area contributed by atoms with Gasteiger partial charge in [0.05, 0.1) is 6.42 Å². The average molecular weight is 275 g/mol. The molecule has 0 radical (unpaired) electrons. The second-order valence-corrected chi connectivity index (χ2v) is 5.91. The van der Waals surface area contributed by atoms with Gasteiger partial charge in [-0.05, 0) is 29.9 Å². The van der Waals surface area contributed by atoms with E-state index in [0.29, 0.717) is 6.04 Å². The van der Waals surface area contributed by atoms with Gasteiger partial charge >= 0.3 is 5.97 Å². The third-order valence-electron chi connectivity index (χ3n) is 4.33. The van der Waals surface area contributed by atoms with Gasteiger partial charge in [-0.15, -0.1) is 0 Å². The molecule has 1 aliphatic carbocycles. The number of hydrogen-bond donors (Lipinski definition) is 2. The molecule has 110 valence electrons. The molecule has 0 aromatic heterocycles. The Hall–Kier alpha value is -1.35. The molecular weight excluding hydrogens is 250 g/mol. The Morgan fingerprint density at radius 2 is 1.95 bits per heavy atom. The first-order valence-corrected chi connectivity index (χ1v) is 7.70. The second kappa shape index (κ2) is 7.44. The Bertz CT molecular complexity index is 427. The molecule has 2 atom stereocenters. The van der Waals surface area contributed by atoms with Gasteiger partial charge in [0, 0.05) is 12.6 Å². The van der Waals surface area contributed by atoms with Crippen LogP contribution in [0.3, 0.4) is 0 Å². The first-order valence-electron chi connectivity index (χ1n) is 7.70. The van der Waals surface area contributed by atoms with Crippen molar-refractivity contribution < 1.29 is 9.90 Å². The van der Waals surface area contributed by atoms with E-state index in [1.807, 2.05) is 24.3 Å². The van der Waals surface area contributed by atoms with Crippen LogP contribution in [0.4, 0.5) is 0 Å². The van der Waals surface area contributed by atoms with Crippen molar-refractivity contribution in [3.05, 3.63) is 35.4 Å². The summed E-state index contributed by atoms with van der Waals surface area (Å²) in [4.78, 5) is 10.6. The molecule has 0 saturated heterocycles. The minimum Gasteiger partial charge on any atom is -0.481 e. The topological polar surface area (TPSA) is 49.3 Å². The predicted molar refractivity (Wildman–Crippen MR) is 80.7 cm³/mol. The molecule has 2 unspecified atom stereocenters. The third kappa shape index (κ3) is 4.64. The van der Waals surface area contributed by atoms with Crippen LogP contribution in [-0.2, 0) is 17.8 Å². The monoisotopic (exact) mass is 275 g/mol. The van der Waals surface area contributed by atoms with Gasteiger partial charge in [0.1, 0.15) is 0 Å². The quantitative estimate of drug-likeness (QED) is 0.837. The molecule has 1 aromatic rings. The summed E-state index contributed by atoms with van der Waals surface area (Å²) in [5.41, 5.74) is 2.10. The lowest BCUT2D eigenvalue weighted by Gasteiger charge is -2.29. The van der Waals surface area contributed by atoms with Gasteiger partial charge in [0.25, 0.3) is 0 Å². The Balaban J connectivity index is 1.80. The third-order valence-corrected chi connectivity index (χ3v) is 4.33. The minimum absolute atomic E-state index is 0.106. The number of carboxylic acid groups (broad SMARTS) is 1. The van der Waals surface area contributed by atoms with E-state index in [2.05, 4.69) is 12.2 Å². The molecule has 2 rings (SSSR count). The zero-order valence-corrected chi connectivity index (χ0v) is 12.3. The maximum absolute atomic E-state index is 10.6. The number of benzene rings is 1. The van der Waals surface area contributed by atoms with E-state index in [-0.39, 0.29) is 6.42 Å². The van der Waals surface area contributed by atoms with Crippen molar-refractivity contribution in [2.45, 2.75) is 58.0 Å². The highest BCUT2D eigenvalue weighted by molar-refractivity contribution is 5.70. The van der Waals surface area contributed by atoms with Crippen molar-refractivity contribution in [1.29, 1.82) is 0 Å². The van der Waals surface area contributed by atoms with E-state index in [1.165, 1.54) is 37.7 Å². The highest BCUT2D eigenvalue weighted by Crippen LogP contribution is 2.26. The summed E-state index contributed by atoms with van der Waals surface area (Å²) in [6.07, 6.45) is 6.71. The van der Waals surface area contributed by atoms with Crippen molar-refractivity contribution in [1.82, 2.24) is 5.32 Å². The smallest absolute Gasteiger partial charge is 0.307 e. The molecule has 20 heavy (non-hydrogen) atoms. The van der Waals surface area contributed by atoms with Gasteiger partial charge in [-0.3, -0.25) is 4.79 Å². The number of carbonyl (C=O) groups is 1. The van der Waals surface area contributed by atoms with Crippen molar-refractivity contribution in [2.24, 2.45) is 5.92 Å². The van der Waals surface area contributed by atoms with Crippen LogP contribution < -0.4 is 5.32 Å². The van der Waals surface area contributed by atoms with Crippen LogP contribution in [0.15, 0.2) is 24.3 Å². The zero-order valence-electron chi connectivity index (χ0n) is 12.3. The molecule has 0 bridgehead atoms. The number of aliphatic carboxylic acids is 1. The fourth-order valence-electron chi connectivity index (χ4n) is 3.06. The molecule has 3 nitrogen and oxygen atoms in total. The van der Waals surface area contributed by atoms with Crippen molar-refractivity contribution in [2.75, 3.05) is 0 Å². The van der Waals surface area contributed by atoms with Crippen LogP contribution >= 0.6 is 0 Å². The zero-order chi connectivity index (χ0) is 14.4. The van der Waals surface area contributed by atoms with E-state index in [9.17, 15) is 4.79 Å². The Morgan fingerprint density at radius 3 is 2.60 bits per heavy atom. The summed E-state index contributed by atoms with van der Waals surface area (Å²) in [6.45, 7) is 3.17. The Morgan fingerprint density at radius 1 is 1.25 bits per heavy atom. The first-order chi connectivity index (χ1) is 9.67. The van der Waals surface area contributed by atoms with Gasteiger partial charge in [-0.25, -0.2) is 0 Å². The normalized spacial score (nSPS) is 22.6. The summed E-state index contributed by atoms with van der Waals surface area (Å²) >= 11 is 0. The number of nitrogens with one attached hydrogen (secondary N) is 1. The van der Waals surface area contributed by atoms with Gasteiger partial charge in [-0.2, -0.15) is 0 Å². The van der Waals surface area contributed by atoms with E-state index >= 15 is 0 Å². The lowest BCUT2D eigenvalue weighted by atomic mass is 9.84. The van der Waals surface area contributed by atoms with Crippen LogP contribution in [-0.4, -0.2) is 17.1 Å². The van der Waals surface area contributed by atoms with E-state index in [4.69, 9.17) is 5.11 Å². The molecular formula is C17H25NO2. The molecule has 0 spiro atoms. The van der Waals surface area contributed by atoms with Crippen LogP contribution in [0.5, 0.6) is 0 Å². The Labute approximate surface area is 121 Å². The Kier molecular flexibility index (Phi) is 5.60. The fraction of sp³-hybridized carbons (Fsp3) is 0.588. The minimum atomic E-state index is -0.774. The number of carboxylic acids is 1. The molecule has 1 aliphatic rings. The summed E-state index contributed by atoms with van der Waals surface area (Å²) in [5, 5.41) is 12.4. The summed E-state index contributed by atoms with van der Waals surface area (Å²) < 4.78 is 0. The van der Waals surface area contributed by atoms with Crippen LogP contribution in [0.1, 0.15) is 50.2 Å². The molecule has 0 heterocycles. The maximum Gasteiger partial charge on any atom is 0.307 e. The van der Waals surface area contributed by atoms with Gasteiger partial charge in [0.15, 0.2) is 0 Å². The molecule has 0 amide bonds. The first kappa shape index (κ1) is 15.0.